The third kappa shape index (κ3) is 2.35. The average Bonchev–Trinajstić information content (AvgIpc) is 1.83. The average molecular weight is 187 g/mol. The van der Waals surface area contributed by atoms with E-state index >= 15 is 0 Å². The van der Waals surface area contributed by atoms with Crippen molar-refractivity contribution in [1.82, 2.24) is 0 Å². The third-order valence-electron chi connectivity index (χ3n) is 2.30. The summed E-state index contributed by atoms with van der Waals surface area (Å²) >= 11 is 0. The number of hydrogen-bond donors (Lipinski definition) is 0. The highest BCUT2D eigenvalue weighted by molar-refractivity contribution is 6.60. The van der Waals surface area contributed by atoms with Crippen LogP contribution >= 0.6 is 0 Å². The summed E-state index contributed by atoms with van der Waals surface area (Å²) in [6.45, 7) is -4.91. The summed E-state index contributed by atoms with van der Waals surface area (Å²) in [5, 5.41) is 0. The smallest absolute Gasteiger partial charge is 0.449 e. The second-order valence-corrected chi connectivity index (χ2v) is 3.32. The van der Waals surface area contributed by atoms with E-state index in [1.807, 2.05) is 0 Å². The molecule has 72 valence electrons. The van der Waals surface area contributed by atoms with Crippen LogP contribution in [-0.2, 0) is 0 Å². The zero-order chi connectivity index (χ0) is 9.41. The highest BCUT2D eigenvalue weighted by Gasteiger charge is 2.42. The van der Waals surface area contributed by atoms with E-state index in [-0.39, 0.29) is 0 Å². The van der Waals surface area contributed by atoms with E-state index in [9.17, 15) is 21.7 Å². The van der Waals surface area contributed by atoms with Crippen LogP contribution in [0.25, 0.3) is 0 Å². The number of rotatable bonds is 1. The predicted molar refractivity (Wildman–Crippen MR) is 36.2 cm³/mol. The van der Waals surface area contributed by atoms with Crippen molar-refractivity contribution in [1.29, 1.82) is 0 Å². The summed E-state index contributed by atoms with van der Waals surface area (Å²) in [7, 11) is 0. The van der Waals surface area contributed by atoms with Gasteiger partial charge in [0, 0.05) is 12.8 Å². The highest BCUT2D eigenvalue weighted by atomic mass is 19.4. The third-order valence-corrected chi connectivity index (χ3v) is 2.30. The van der Waals surface area contributed by atoms with Crippen LogP contribution in [0, 0.1) is 0 Å². The summed E-state index contributed by atoms with van der Waals surface area (Å²) in [6, 6.07) is 0. The SMILES string of the molecule is F[B-](F)(F)C1CCC(F)(F)CC1. The van der Waals surface area contributed by atoms with Crippen LogP contribution in [0.1, 0.15) is 25.7 Å². The molecule has 12 heavy (non-hydrogen) atoms. The van der Waals surface area contributed by atoms with Crippen LogP contribution in [0.15, 0.2) is 0 Å². The van der Waals surface area contributed by atoms with Gasteiger partial charge in [0.05, 0.1) is 0 Å². The van der Waals surface area contributed by atoms with E-state index in [0.717, 1.165) is 0 Å². The Bertz CT molecular complexity index is 154. The molecule has 1 fully saturated rings. The summed E-state index contributed by atoms with van der Waals surface area (Å²) < 4.78 is 60.8. The summed E-state index contributed by atoms with van der Waals surface area (Å²) in [4.78, 5) is 0. The van der Waals surface area contributed by atoms with E-state index in [1.54, 1.807) is 0 Å². The molecule has 0 N–H and O–H groups in total. The molecule has 1 saturated carbocycles. The van der Waals surface area contributed by atoms with Crippen LogP contribution in [0.4, 0.5) is 21.7 Å². The molecule has 0 saturated heterocycles. The number of alkyl halides is 2. The molecule has 1 rings (SSSR count). The fraction of sp³-hybridized carbons (Fsp3) is 1.00. The van der Waals surface area contributed by atoms with E-state index in [4.69, 9.17) is 0 Å². The van der Waals surface area contributed by atoms with Gasteiger partial charge in [-0.3, -0.25) is 0 Å². The standard InChI is InChI=1S/C6H9BF5/c8-6(9)3-1-5(2-4-6)7(10,11)12/h5H,1-4H2/q-1. The Hall–Kier alpha value is -0.285. The lowest BCUT2D eigenvalue weighted by Gasteiger charge is -2.33. The monoisotopic (exact) mass is 187 g/mol. The zero-order valence-corrected chi connectivity index (χ0v) is 6.37. The van der Waals surface area contributed by atoms with Crippen molar-refractivity contribution in [3.63, 3.8) is 0 Å². The summed E-state index contributed by atoms with van der Waals surface area (Å²) in [5.41, 5.74) is 0. The Kier molecular flexibility index (Phi) is 2.36. The van der Waals surface area contributed by atoms with Crippen molar-refractivity contribution < 1.29 is 21.7 Å². The molecule has 0 radical (unpaired) electrons. The highest BCUT2D eigenvalue weighted by Crippen LogP contribution is 2.44. The lowest BCUT2D eigenvalue weighted by atomic mass is 9.64. The van der Waals surface area contributed by atoms with E-state index in [2.05, 4.69) is 0 Å². The van der Waals surface area contributed by atoms with Crippen molar-refractivity contribution in [2.45, 2.75) is 37.4 Å². The lowest BCUT2D eigenvalue weighted by molar-refractivity contribution is -0.0357. The minimum absolute atomic E-state index is 0.406. The maximum atomic E-state index is 12.4. The minimum Gasteiger partial charge on any atom is -0.449 e. The molecule has 0 aliphatic heterocycles. The first-order chi connectivity index (χ1) is 5.31. The maximum absolute atomic E-state index is 12.4. The Morgan fingerprint density at radius 2 is 1.42 bits per heavy atom. The van der Waals surface area contributed by atoms with Gasteiger partial charge in [0.2, 0.25) is 5.92 Å². The van der Waals surface area contributed by atoms with Gasteiger partial charge in [-0.25, -0.2) is 8.78 Å². The molecule has 1 aliphatic rings. The molecule has 0 heterocycles. The van der Waals surface area contributed by atoms with Gasteiger partial charge >= 0.3 is 6.98 Å². The Balaban J connectivity index is 2.47. The van der Waals surface area contributed by atoms with Gasteiger partial charge in [-0.2, -0.15) is 0 Å². The molecule has 6 heteroatoms. The fourth-order valence-electron chi connectivity index (χ4n) is 1.44. The van der Waals surface area contributed by atoms with E-state index in [0.29, 0.717) is 0 Å². The van der Waals surface area contributed by atoms with Gasteiger partial charge < -0.3 is 12.9 Å². The second kappa shape index (κ2) is 2.89. The van der Waals surface area contributed by atoms with Crippen LogP contribution in [0.3, 0.4) is 0 Å². The Morgan fingerprint density at radius 1 is 1.00 bits per heavy atom. The quantitative estimate of drug-likeness (QED) is 0.435. The summed E-state index contributed by atoms with van der Waals surface area (Å²) in [6.07, 6.45) is -2.04. The van der Waals surface area contributed by atoms with Crippen molar-refractivity contribution >= 4 is 6.98 Å². The van der Waals surface area contributed by atoms with Gasteiger partial charge in [0.25, 0.3) is 0 Å². The van der Waals surface area contributed by atoms with Gasteiger partial charge in [0.1, 0.15) is 0 Å². The normalized spacial score (nSPS) is 25.8. The van der Waals surface area contributed by atoms with Crippen LogP contribution in [0.2, 0.25) is 5.82 Å². The number of hydrogen-bond acceptors (Lipinski definition) is 0. The second-order valence-electron chi connectivity index (χ2n) is 3.32. The maximum Gasteiger partial charge on any atom is 0.481 e. The van der Waals surface area contributed by atoms with Crippen LogP contribution < -0.4 is 0 Å². The molecule has 0 aromatic carbocycles. The molecule has 1 aliphatic carbocycles. The van der Waals surface area contributed by atoms with Crippen LogP contribution in [-0.4, -0.2) is 12.9 Å². The summed E-state index contributed by atoms with van der Waals surface area (Å²) in [5.74, 6) is -4.32. The molecule has 0 aromatic heterocycles. The largest absolute Gasteiger partial charge is 0.481 e. The molecule has 0 aromatic rings. The fourth-order valence-corrected chi connectivity index (χ4v) is 1.44. The lowest BCUT2D eigenvalue weighted by Crippen LogP contribution is -2.32. The van der Waals surface area contributed by atoms with E-state index < -0.39 is 44.4 Å². The van der Waals surface area contributed by atoms with E-state index in [1.165, 1.54) is 0 Å². The first-order valence-corrected chi connectivity index (χ1v) is 3.89. The van der Waals surface area contributed by atoms with Crippen molar-refractivity contribution in [3.8, 4) is 0 Å². The predicted octanol–water partition coefficient (Wildman–Crippen LogP) is 3.41. The van der Waals surface area contributed by atoms with Crippen LogP contribution in [0.5, 0.6) is 0 Å². The van der Waals surface area contributed by atoms with Gasteiger partial charge in [0.15, 0.2) is 0 Å². The molecule has 0 unspecified atom stereocenters. The molecule has 0 atom stereocenters. The first-order valence-electron chi connectivity index (χ1n) is 3.89. The molecule has 0 spiro atoms. The zero-order valence-electron chi connectivity index (χ0n) is 6.37. The molecular formula is C6H9BF5-. The van der Waals surface area contributed by atoms with Gasteiger partial charge in [-0.05, 0) is 0 Å². The van der Waals surface area contributed by atoms with Crippen molar-refractivity contribution in [2.24, 2.45) is 0 Å². The molecule has 0 bridgehead atoms. The van der Waals surface area contributed by atoms with Gasteiger partial charge in [-0.1, -0.05) is 18.7 Å². The van der Waals surface area contributed by atoms with Crippen molar-refractivity contribution in [2.75, 3.05) is 0 Å². The Morgan fingerprint density at radius 3 is 1.75 bits per heavy atom. The van der Waals surface area contributed by atoms with Gasteiger partial charge in [-0.15, -0.1) is 0 Å². The molecule has 0 amide bonds. The Labute approximate surface area is 67.2 Å². The molecular weight excluding hydrogens is 178 g/mol. The molecule has 0 nitrogen and oxygen atoms in total. The minimum atomic E-state index is -4.91. The number of halogens is 5. The van der Waals surface area contributed by atoms with Crippen molar-refractivity contribution in [3.05, 3.63) is 0 Å². The first kappa shape index (κ1) is 9.80. The topological polar surface area (TPSA) is 0 Å².